The van der Waals surface area contributed by atoms with Crippen LogP contribution in [-0.4, -0.2) is 52.9 Å². The number of halogens is 1. The number of hydrogen-bond acceptors (Lipinski definition) is 5. The van der Waals surface area contributed by atoms with Gasteiger partial charge >= 0.3 is 0 Å². The average molecular weight is 504 g/mol. The predicted molar refractivity (Wildman–Crippen MR) is 140 cm³/mol. The Morgan fingerprint density at radius 2 is 1.92 bits per heavy atom. The number of nitrogens with one attached hydrogen (secondary N) is 1. The fourth-order valence-corrected chi connectivity index (χ4v) is 5.20. The van der Waals surface area contributed by atoms with Crippen LogP contribution in [0.2, 0.25) is 5.02 Å². The van der Waals surface area contributed by atoms with E-state index in [0.29, 0.717) is 36.0 Å². The van der Waals surface area contributed by atoms with Crippen LogP contribution >= 0.6 is 11.6 Å². The SMILES string of the molecule is Cc1ccccc1CCc1nc(N2CCC[C@@H]2c2ccc(Cl)cc2)ncc1C(=O)N1CCNC(=O)C1. The third-order valence-electron chi connectivity index (χ3n) is 7.07. The van der Waals surface area contributed by atoms with Crippen molar-refractivity contribution in [3.63, 3.8) is 0 Å². The number of nitrogens with zero attached hydrogens (tertiary/aromatic N) is 4. The molecule has 2 fully saturated rings. The van der Waals surface area contributed by atoms with Gasteiger partial charge in [-0.1, -0.05) is 48.0 Å². The molecule has 0 bridgehead atoms. The first-order chi connectivity index (χ1) is 17.5. The standard InChI is InChI=1S/C28H30ClN5O2/c1-19-5-2-3-6-20(19)10-13-24-23(27(36)33-16-14-30-26(35)18-33)17-31-28(32-24)34-15-4-7-25(34)21-8-11-22(29)12-9-21/h2-3,5-6,8-9,11-12,17,25H,4,7,10,13-16,18H2,1H3,(H,30,35)/t25-/m1/s1. The van der Waals surface area contributed by atoms with Crippen LogP contribution < -0.4 is 10.2 Å². The zero-order valence-electron chi connectivity index (χ0n) is 20.4. The molecule has 8 heteroatoms. The van der Waals surface area contributed by atoms with Gasteiger partial charge in [0.05, 0.1) is 23.8 Å². The molecule has 0 radical (unpaired) electrons. The highest BCUT2D eigenvalue weighted by atomic mass is 35.5. The Hall–Kier alpha value is -3.45. The summed E-state index contributed by atoms with van der Waals surface area (Å²) in [6.45, 7) is 3.94. The number of carbonyl (C=O) groups is 2. The lowest BCUT2D eigenvalue weighted by molar-refractivity contribution is -0.123. The molecular formula is C28H30ClN5O2. The molecule has 1 aromatic heterocycles. The number of aromatic nitrogens is 2. The molecule has 5 rings (SSSR count). The van der Waals surface area contributed by atoms with Crippen molar-refractivity contribution < 1.29 is 9.59 Å². The van der Waals surface area contributed by atoms with E-state index in [1.165, 1.54) is 16.7 Å². The summed E-state index contributed by atoms with van der Waals surface area (Å²) in [5.41, 5.74) is 4.83. The summed E-state index contributed by atoms with van der Waals surface area (Å²) in [4.78, 5) is 38.8. The second-order valence-corrected chi connectivity index (χ2v) is 9.87. The van der Waals surface area contributed by atoms with Gasteiger partial charge in [-0.05, 0) is 61.4 Å². The van der Waals surface area contributed by atoms with E-state index in [1.54, 1.807) is 11.1 Å². The Morgan fingerprint density at radius 3 is 2.69 bits per heavy atom. The van der Waals surface area contributed by atoms with Gasteiger partial charge in [-0.3, -0.25) is 9.59 Å². The molecule has 1 atom stereocenters. The van der Waals surface area contributed by atoms with Gasteiger partial charge in [0.25, 0.3) is 5.91 Å². The third-order valence-corrected chi connectivity index (χ3v) is 7.32. The molecule has 3 aromatic rings. The van der Waals surface area contributed by atoms with Crippen molar-refractivity contribution in [3.05, 3.63) is 87.7 Å². The quantitative estimate of drug-likeness (QED) is 0.547. The van der Waals surface area contributed by atoms with Crippen molar-refractivity contribution in [1.82, 2.24) is 20.2 Å². The van der Waals surface area contributed by atoms with E-state index in [2.05, 4.69) is 46.4 Å². The summed E-state index contributed by atoms with van der Waals surface area (Å²) in [6, 6.07) is 16.4. The Balaban J connectivity index is 1.46. The maximum atomic E-state index is 13.4. The summed E-state index contributed by atoms with van der Waals surface area (Å²) in [5, 5.41) is 3.49. The first-order valence-electron chi connectivity index (χ1n) is 12.5. The number of anilines is 1. The smallest absolute Gasteiger partial charge is 0.257 e. The van der Waals surface area contributed by atoms with E-state index in [0.717, 1.165) is 31.5 Å². The normalized spacial score (nSPS) is 17.8. The predicted octanol–water partition coefficient (Wildman–Crippen LogP) is 4.14. The molecule has 2 amide bonds. The fraction of sp³-hybridized carbons (Fsp3) is 0.357. The molecule has 0 unspecified atom stereocenters. The fourth-order valence-electron chi connectivity index (χ4n) is 5.08. The van der Waals surface area contributed by atoms with E-state index in [-0.39, 0.29) is 24.4 Å². The summed E-state index contributed by atoms with van der Waals surface area (Å²) in [7, 11) is 0. The molecule has 0 spiro atoms. The largest absolute Gasteiger partial charge is 0.353 e. The van der Waals surface area contributed by atoms with E-state index in [9.17, 15) is 9.59 Å². The molecule has 2 aliphatic rings. The molecule has 2 saturated heterocycles. The maximum absolute atomic E-state index is 13.4. The number of piperazine rings is 1. The van der Waals surface area contributed by atoms with Crippen LogP contribution in [0.5, 0.6) is 0 Å². The molecule has 186 valence electrons. The monoisotopic (exact) mass is 503 g/mol. The van der Waals surface area contributed by atoms with Crippen LogP contribution in [-0.2, 0) is 17.6 Å². The van der Waals surface area contributed by atoms with Crippen LogP contribution in [0, 0.1) is 6.92 Å². The van der Waals surface area contributed by atoms with Crippen molar-refractivity contribution in [1.29, 1.82) is 0 Å². The molecular weight excluding hydrogens is 474 g/mol. The number of benzene rings is 2. The number of rotatable bonds is 6. The second kappa shape index (κ2) is 10.7. The molecule has 1 N–H and O–H groups in total. The highest BCUT2D eigenvalue weighted by Crippen LogP contribution is 2.35. The molecule has 0 saturated carbocycles. The Kier molecular flexibility index (Phi) is 7.18. The van der Waals surface area contributed by atoms with Gasteiger partial charge < -0.3 is 15.1 Å². The van der Waals surface area contributed by atoms with Crippen LogP contribution in [0.25, 0.3) is 0 Å². The van der Waals surface area contributed by atoms with Crippen LogP contribution in [0.3, 0.4) is 0 Å². The van der Waals surface area contributed by atoms with E-state index < -0.39 is 0 Å². The summed E-state index contributed by atoms with van der Waals surface area (Å²) in [6.07, 6.45) is 5.08. The van der Waals surface area contributed by atoms with Gasteiger partial charge in [0, 0.05) is 30.9 Å². The Labute approximate surface area is 216 Å². The van der Waals surface area contributed by atoms with Gasteiger partial charge in [0.2, 0.25) is 11.9 Å². The Bertz CT molecular complexity index is 1260. The minimum absolute atomic E-state index is 0.0581. The van der Waals surface area contributed by atoms with Gasteiger partial charge in [0.1, 0.15) is 0 Å². The topological polar surface area (TPSA) is 78.4 Å². The van der Waals surface area contributed by atoms with Gasteiger partial charge in [-0.15, -0.1) is 0 Å². The summed E-state index contributed by atoms with van der Waals surface area (Å²) >= 11 is 6.11. The van der Waals surface area contributed by atoms with Crippen LogP contribution in [0.4, 0.5) is 5.95 Å². The molecule has 36 heavy (non-hydrogen) atoms. The van der Waals surface area contributed by atoms with E-state index in [1.807, 2.05) is 24.3 Å². The molecule has 2 aliphatic heterocycles. The molecule has 0 aliphatic carbocycles. The number of carbonyl (C=O) groups excluding carboxylic acids is 2. The van der Waals surface area contributed by atoms with Crippen molar-refractivity contribution in [2.24, 2.45) is 0 Å². The van der Waals surface area contributed by atoms with Crippen LogP contribution in [0.1, 0.15) is 51.6 Å². The summed E-state index contributed by atoms with van der Waals surface area (Å²) < 4.78 is 0. The van der Waals surface area contributed by atoms with Crippen molar-refractivity contribution >= 4 is 29.4 Å². The minimum Gasteiger partial charge on any atom is -0.353 e. The molecule has 2 aromatic carbocycles. The van der Waals surface area contributed by atoms with E-state index >= 15 is 0 Å². The Morgan fingerprint density at radius 1 is 1.11 bits per heavy atom. The maximum Gasteiger partial charge on any atom is 0.257 e. The van der Waals surface area contributed by atoms with Crippen molar-refractivity contribution in [3.8, 4) is 0 Å². The second-order valence-electron chi connectivity index (χ2n) is 9.44. The third kappa shape index (κ3) is 5.21. The van der Waals surface area contributed by atoms with Gasteiger partial charge in [-0.2, -0.15) is 0 Å². The highest BCUT2D eigenvalue weighted by molar-refractivity contribution is 6.30. The molecule has 3 heterocycles. The zero-order valence-corrected chi connectivity index (χ0v) is 21.2. The van der Waals surface area contributed by atoms with E-state index in [4.69, 9.17) is 16.6 Å². The lowest BCUT2D eigenvalue weighted by Gasteiger charge is -2.28. The lowest BCUT2D eigenvalue weighted by Crippen LogP contribution is -2.50. The summed E-state index contributed by atoms with van der Waals surface area (Å²) in [5.74, 6) is 0.309. The van der Waals surface area contributed by atoms with Crippen LogP contribution in [0.15, 0.2) is 54.7 Å². The van der Waals surface area contributed by atoms with Crippen molar-refractivity contribution in [2.75, 3.05) is 31.1 Å². The number of amides is 2. The van der Waals surface area contributed by atoms with Gasteiger partial charge in [0.15, 0.2) is 0 Å². The number of aryl methyl sites for hydroxylation is 3. The first-order valence-corrected chi connectivity index (χ1v) is 12.9. The lowest BCUT2D eigenvalue weighted by atomic mass is 10.0. The average Bonchev–Trinajstić information content (AvgIpc) is 3.38. The van der Waals surface area contributed by atoms with Gasteiger partial charge in [-0.25, -0.2) is 9.97 Å². The first kappa shape index (κ1) is 24.3. The highest BCUT2D eigenvalue weighted by Gasteiger charge is 2.30. The van der Waals surface area contributed by atoms with Crippen molar-refractivity contribution in [2.45, 2.75) is 38.6 Å². The minimum atomic E-state index is -0.188. The number of hydrogen-bond donors (Lipinski definition) is 1. The molecule has 7 nitrogen and oxygen atoms in total. The zero-order chi connectivity index (χ0) is 25.1.